The lowest BCUT2D eigenvalue weighted by Gasteiger charge is -2.15. The highest BCUT2D eigenvalue weighted by molar-refractivity contribution is 7.87. The Balaban J connectivity index is 0.743. The van der Waals surface area contributed by atoms with Crippen molar-refractivity contribution in [3.63, 3.8) is 0 Å². The summed E-state index contributed by atoms with van der Waals surface area (Å²) in [5, 5.41) is 11.7. The van der Waals surface area contributed by atoms with Gasteiger partial charge in [0.25, 0.3) is 60.7 Å². The van der Waals surface area contributed by atoms with E-state index in [1.807, 2.05) is 48.5 Å². The van der Waals surface area contributed by atoms with Crippen molar-refractivity contribution in [1.29, 1.82) is 0 Å². The summed E-state index contributed by atoms with van der Waals surface area (Å²) in [7, 11) is -16.7. The van der Waals surface area contributed by atoms with Crippen LogP contribution in [0.25, 0.3) is 36.5 Å². The van der Waals surface area contributed by atoms with Crippen LogP contribution in [0.2, 0.25) is 0 Å². The first kappa shape index (κ1) is 88.2. The average molecular weight is 1770 g/mol. The fraction of sp³-hybridized carbons (Fsp3) is 0.154. The van der Waals surface area contributed by atoms with Gasteiger partial charge in [0.05, 0.1) is 0 Å². The van der Waals surface area contributed by atoms with Crippen molar-refractivity contribution < 1.29 is 77.8 Å². The number of anilines is 12. The molecule has 0 unspecified atom stereocenters. The summed E-state index contributed by atoms with van der Waals surface area (Å²) < 4.78 is 219. The standard InChI is InChI=1S/C78H76N20O18S6/c1-95(2)75-85-67(40-47-15-11-9-12-16-47)83-68(86-75)41-48-19-22-51(61(37-48)117(99,100)101)25-29-55-32-35-59(45-65(55)121(111,112)113)81-73-90-74(94-78(93-73)98(7)8)82-60-36-33-56(66(46-60)122(114,115)116)30-27-53-24-21-50(39-63(53)119(105,106)107)43-70-84-69(87-76(88-70)96(3)4)42-49-20-23-52(62(38-49)118(102,103)104)26-28-54-31-34-58(44-64(54)120(108,109)110)80-72-89-71(91-77(92-72)97(5)6)79-57-17-13-10-14-18-57/h9-39,44-46H,40-43H2,1-8H3,(H,99,100,101)(H,102,103,104)(H,105,106,107)(H,108,109,110)(H,111,112,113)(H,114,115,116)(H2,79,80,89,91,92)(H2,81,82,90,93,94)/b28-26+,29-25+,30-27+. The number of aromatic nitrogens is 12. The fourth-order valence-electron chi connectivity index (χ4n) is 12.0. The van der Waals surface area contributed by atoms with Gasteiger partial charge in [-0.1, -0.05) is 140 Å². The van der Waals surface area contributed by atoms with Gasteiger partial charge in [0, 0.05) is 105 Å². The molecule has 0 fully saturated rings. The van der Waals surface area contributed by atoms with Crippen LogP contribution in [0.5, 0.6) is 0 Å². The Labute approximate surface area is 701 Å². The summed E-state index contributed by atoms with van der Waals surface area (Å²) in [4.78, 5) is 56.3. The molecule has 0 saturated carbocycles. The van der Waals surface area contributed by atoms with Crippen LogP contribution < -0.4 is 40.9 Å². The van der Waals surface area contributed by atoms with Gasteiger partial charge in [0.15, 0.2) is 0 Å². The maximum absolute atomic E-state index is 13.1. The number of para-hydroxylation sites is 1. The average Bonchev–Trinajstić information content (AvgIpc) is 0.806. The van der Waals surface area contributed by atoms with Crippen LogP contribution in [-0.2, 0) is 86.4 Å². The van der Waals surface area contributed by atoms with Crippen molar-refractivity contribution in [2.75, 3.05) is 97.2 Å². The minimum absolute atomic E-state index is 0.000187. The molecule has 8 aromatic carbocycles. The van der Waals surface area contributed by atoms with Crippen molar-refractivity contribution in [2.45, 2.75) is 55.1 Å². The van der Waals surface area contributed by atoms with E-state index in [-0.39, 0.29) is 134 Å². The molecular formula is C78H76N20O18S6. The Morgan fingerprint density at radius 2 is 0.467 bits per heavy atom. The van der Waals surface area contributed by atoms with Crippen LogP contribution >= 0.6 is 0 Å². The Kier molecular flexibility index (Phi) is 26.1. The lowest BCUT2D eigenvalue weighted by molar-refractivity contribution is 0.480. The molecule has 4 heterocycles. The minimum atomic E-state index is -5.10. The zero-order valence-electron chi connectivity index (χ0n) is 65.6. The predicted molar refractivity (Wildman–Crippen MR) is 458 cm³/mol. The lowest BCUT2D eigenvalue weighted by atomic mass is 10.1. The second kappa shape index (κ2) is 36.1. The normalized spacial score (nSPS) is 12.3. The summed E-state index contributed by atoms with van der Waals surface area (Å²) in [5.41, 5.74) is 1.89. The summed E-state index contributed by atoms with van der Waals surface area (Å²) in [6.07, 6.45) is 7.23. The summed E-state index contributed by atoms with van der Waals surface area (Å²) in [5.74, 6) is 1.35. The number of hydrogen-bond donors (Lipinski definition) is 10. The molecule has 632 valence electrons. The van der Waals surface area contributed by atoms with Crippen LogP contribution in [0.4, 0.5) is 70.3 Å². The first-order valence-electron chi connectivity index (χ1n) is 36.0. The molecule has 38 nitrogen and oxygen atoms in total. The SMILES string of the molecule is CN(C)c1nc(Cc2ccccc2)nc(Cc2ccc(/C=C/c3ccc(Nc4nc(Nc5ccc(/C=C/c6ccc(Cc7nc(Cc8ccc(/C=C/c9ccc(Nc%10nc(Nc%11ccccc%11)nc(N(C)C)n%10)cc9S(=O)(=O)O)c(S(=O)(=O)O)c8)nc(N(C)C)n7)cc6S(=O)(=O)O)c(S(=O)(=O)O)c5)nc(N(C)C)n4)cc3S(=O)(=O)O)c(S(=O)(=O)O)c2)n1. The molecule has 0 atom stereocenters. The largest absolute Gasteiger partial charge is 0.347 e. The van der Waals surface area contributed by atoms with E-state index >= 15 is 0 Å². The zero-order valence-corrected chi connectivity index (χ0v) is 70.5. The summed E-state index contributed by atoms with van der Waals surface area (Å²) in [6, 6.07) is 41.8. The highest BCUT2D eigenvalue weighted by Crippen LogP contribution is 2.34. The van der Waals surface area contributed by atoms with E-state index in [2.05, 4.69) is 81.1 Å². The topological polar surface area (TPSA) is 542 Å². The minimum Gasteiger partial charge on any atom is -0.347 e. The molecular weight excluding hydrogens is 1700 g/mol. The first-order chi connectivity index (χ1) is 57.4. The Bertz CT molecular complexity index is 6470. The van der Waals surface area contributed by atoms with Gasteiger partial charge in [-0.05, 0) is 122 Å². The van der Waals surface area contributed by atoms with Crippen molar-refractivity contribution in [3.8, 4) is 0 Å². The van der Waals surface area contributed by atoms with Crippen molar-refractivity contribution >= 4 is 168 Å². The van der Waals surface area contributed by atoms with Crippen LogP contribution in [-0.4, -0.2) is 194 Å². The van der Waals surface area contributed by atoms with Crippen LogP contribution in [0.15, 0.2) is 199 Å². The third-order valence-electron chi connectivity index (χ3n) is 17.6. The van der Waals surface area contributed by atoms with E-state index in [0.29, 0.717) is 35.3 Å². The molecule has 12 aromatic rings. The van der Waals surface area contributed by atoms with Gasteiger partial charge in [0.1, 0.15) is 52.7 Å². The van der Waals surface area contributed by atoms with Crippen molar-refractivity contribution in [3.05, 3.63) is 249 Å². The highest BCUT2D eigenvalue weighted by atomic mass is 32.2. The molecule has 4 aromatic heterocycles. The summed E-state index contributed by atoms with van der Waals surface area (Å²) >= 11 is 0. The molecule has 0 aliphatic heterocycles. The molecule has 0 radical (unpaired) electrons. The Morgan fingerprint density at radius 1 is 0.246 bits per heavy atom. The first-order valence-corrected chi connectivity index (χ1v) is 44.6. The second-order valence-electron chi connectivity index (χ2n) is 27.9. The Hall–Kier alpha value is -13.1. The maximum Gasteiger partial charge on any atom is 0.295 e. The number of nitrogens with zero attached hydrogens (tertiary/aromatic N) is 16. The number of rotatable bonds is 32. The van der Waals surface area contributed by atoms with Crippen LogP contribution in [0.3, 0.4) is 0 Å². The van der Waals surface area contributed by atoms with E-state index in [4.69, 9.17) is 0 Å². The number of nitrogens with one attached hydrogen (secondary N) is 4. The van der Waals surface area contributed by atoms with Gasteiger partial charge in [-0.2, -0.15) is 100 Å². The highest BCUT2D eigenvalue weighted by Gasteiger charge is 2.26. The molecule has 0 amide bonds. The molecule has 0 aliphatic carbocycles. The van der Waals surface area contributed by atoms with Crippen LogP contribution in [0, 0.1) is 0 Å². The van der Waals surface area contributed by atoms with Gasteiger partial charge in [-0.15, -0.1) is 0 Å². The molecule has 0 bridgehead atoms. The quantitative estimate of drug-likeness (QED) is 0.0138. The number of hydrogen-bond acceptors (Lipinski definition) is 32. The molecule has 0 saturated heterocycles. The molecule has 0 spiro atoms. The van der Waals surface area contributed by atoms with E-state index in [9.17, 15) is 77.8 Å². The fourth-order valence-corrected chi connectivity index (χ4v) is 16.3. The van der Waals surface area contributed by atoms with Crippen LogP contribution in [0.1, 0.15) is 78.9 Å². The zero-order chi connectivity index (χ0) is 88.0. The van der Waals surface area contributed by atoms with E-state index in [0.717, 1.165) is 48.0 Å². The van der Waals surface area contributed by atoms with Gasteiger partial charge in [-0.25, -0.2) is 9.97 Å². The molecule has 12 rings (SSSR count). The lowest BCUT2D eigenvalue weighted by Crippen LogP contribution is -2.17. The Morgan fingerprint density at radius 3 is 0.721 bits per heavy atom. The smallest absolute Gasteiger partial charge is 0.295 e. The predicted octanol–water partition coefficient (Wildman–Crippen LogP) is 10.0. The van der Waals surface area contributed by atoms with Gasteiger partial charge in [0.2, 0.25) is 47.6 Å². The molecule has 44 heteroatoms. The molecule has 0 aliphatic rings. The van der Waals surface area contributed by atoms with Gasteiger partial charge in [-0.3, -0.25) is 27.3 Å². The third-order valence-corrected chi connectivity index (χ3v) is 23.1. The van der Waals surface area contributed by atoms with E-state index in [1.54, 1.807) is 84.4 Å². The van der Waals surface area contributed by atoms with Gasteiger partial charge >= 0.3 is 0 Å². The van der Waals surface area contributed by atoms with Crippen molar-refractivity contribution in [2.24, 2.45) is 0 Å². The van der Waals surface area contributed by atoms with E-state index < -0.39 is 90.1 Å². The van der Waals surface area contributed by atoms with Crippen molar-refractivity contribution in [1.82, 2.24) is 59.8 Å². The third kappa shape index (κ3) is 23.1. The molecule has 122 heavy (non-hydrogen) atoms. The summed E-state index contributed by atoms with van der Waals surface area (Å²) in [6.45, 7) is 0. The molecule has 10 N–H and O–H groups in total. The monoisotopic (exact) mass is 1770 g/mol. The van der Waals surface area contributed by atoms with E-state index in [1.165, 1.54) is 107 Å². The second-order valence-corrected chi connectivity index (χ2v) is 36.2. The van der Waals surface area contributed by atoms with Gasteiger partial charge < -0.3 is 40.9 Å². The maximum atomic E-state index is 13.1. The number of benzene rings is 8.